The summed E-state index contributed by atoms with van der Waals surface area (Å²) in [5, 5.41) is 3.26. The van der Waals surface area contributed by atoms with Crippen LogP contribution < -0.4 is 5.32 Å². The molecule has 3 nitrogen and oxygen atoms in total. The minimum atomic E-state index is 0.121. The third-order valence-electron chi connectivity index (χ3n) is 3.52. The zero-order chi connectivity index (χ0) is 13.1. The highest BCUT2D eigenvalue weighted by atomic mass is 16.5. The Morgan fingerprint density at radius 3 is 2.56 bits per heavy atom. The number of hydrogen-bond acceptors (Lipinski definition) is 3. The quantitative estimate of drug-likeness (QED) is 0.610. The second-order valence-corrected chi connectivity index (χ2v) is 5.31. The second kappa shape index (κ2) is 10.5. The summed E-state index contributed by atoms with van der Waals surface area (Å²) in [6.45, 7) is 4.74. The monoisotopic (exact) mass is 255 g/mol. The van der Waals surface area contributed by atoms with Gasteiger partial charge in [-0.1, -0.05) is 45.4 Å². The van der Waals surface area contributed by atoms with Crippen LogP contribution in [-0.4, -0.2) is 31.6 Å². The molecule has 1 saturated heterocycles. The maximum Gasteiger partial charge on any atom is 0.135 e. The van der Waals surface area contributed by atoms with Gasteiger partial charge >= 0.3 is 0 Å². The molecule has 106 valence electrons. The van der Waals surface area contributed by atoms with Gasteiger partial charge in [0.2, 0.25) is 0 Å². The van der Waals surface area contributed by atoms with E-state index in [9.17, 15) is 4.79 Å². The Labute approximate surface area is 112 Å². The Balaban J connectivity index is 1.90. The largest absolute Gasteiger partial charge is 0.375 e. The van der Waals surface area contributed by atoms with Crippen LogP contribution in [0.2, 0.25) is 0 Å². The molecule has 0 aliphatic carbocycles. The number of Topliss-reactive ketones (excluding diaryl/α,β-unsaturated/α-hetero) is 1. The first-order chi connectivity index (χ1) is 8.83. The second-order valence-electron chi connectivity index (χ2n) is 5.31. The number of nitrogens with one attached hydrogen (secondary N) is 1. The molecule has 1 heterocycles. The van der Waals surface area contributed by atoms with Crippen molar-refractivity contribution < 1.29 is 9.53 Å². The van der Waals surface area contributed by atoms with Crippen LogP contribution in [0.3, 0.4) is 0 Å². The van der Waals surface area contributed by atoms with Gasteiger partial charge in [0.25, 0.3) is 0 Å². The van der Waals surface area contributed by atoms with E-state index in [0.717, 1.165) is 32.5 Å². The Kier molecular flexibility index (Phi) is 9.13. The van der Waals surface area contributed by atoms with E-state index in [-0.39, 0.29) is 6.10 Å². The molecular weight excluding hydrogens is 226 g/mol. The third-order valence-corrected chi connectivity index (χ3v) is 3.52. The lowest BCUT2D eigenvalue weighted by molar-refractivity contribution is -0.122. The first-order valence-electron chi connectivity index (χ1n) is 7.67. The molecule has 1 aliphatic rings. The zero-order valence-electron chi connectivity index (χ0n) is 11.9. The number of morpholine rings is 1. The fourth-order valence-corrected chi connectivity index (χ4v) is 2.39. The van der Waals surface area contributed by atoms with Gasteiger partial charge in [0.15, 0.2) is 0 Å². The van der Waals surface area contributed by atoms with E-state index in [1.807, 2.05) is 0 Å². The number of carbonyl (C=O) groups is 1. The van der Waals surface area contributed by atoms with Gasteiger partial charge in [-0.05, 0) is 6.42 Å². The molecule has 1 atom stereocenters. The molecule has 1 N–H and O–H groups in total. The van der Waals surface area contributed by atoms with Crippen LogP contribution in [-0.2, 0) is 9.53 Å². The van der Waals surface area contributed by atoms with Crippen molar-refractivity contribution in [3.8, 4) is 0 Å². The highest BCUT2D eigenvalue weighted by molar-refractivity contribution is 5.78. The van der Waals surface area contributed by atoms with Crippen molar-refractivity contribution in [3.05, 3.63) is 0 Å². The van der Waals surface area contributed by atoms with Crippen molar-refractivity contribution in [2.45, 2.75) is 70.8 Å². The van der Waals surface area contributed by atoms with Gasteiger partial charge in [0, 0.05) is 25.9 Å². The van der Waals surface area contributed by atoms with E-state index < -0.39 is 0 Å². The van der Waals surface area contributed by atoms with Crippen molar-refractivity contribution in [1.82, 2.24) is 5.32 Å². The number of hydrogen-bond donors (Lipinski definition) is 1. The van der Waals surface area contributed by atoms with Crippen LogP contribution in [0.1, 0.15) is 64.7 Å². The molecule has 0 aromatic rings. The Morgan fingerprint density at radius 2 is 1.89 bits per heavy atom. The minimum Gasteiger partial charge on any atom is -0.375 e. The van der Waals surface area contributed by atoms with Gasteiger partial charge in [-0.3, -0.25) is 4.79 Å². The fourth-order valence-electron chi connectivity index (χ4n) is 2.39. The SMILES string of the molecule is CCCCCCCCCC(=O)CC1CNCCO1. The Bertz CT molecular complexity index is 213. The molecular formula is C15H29NO2. The maximum atomic E-state index is 11.7. The lowest BCUT2D eigenvalue weighted by Crippen LogP contribution is -2.39. The summed E-state index contributed by atoms with van der Waals surface area (Å²) in [5.41, 5.74) is 0. The van der Waals surface area contributed by atoms with Gasteiger partial charge in [0.1, 0.15) is 5.78 Å². The van der Waals surface area contributed by atoms with Crippen LogP contribution in [0.15, 0.2) is 0 Å². The summed E-state index contributed by atoms with van der Waals surface area (Å²) in [5.74, 6) is 0.372. The highest BCUT2D eigenvalue weighted by Gasteiger charge is 2.16. The lowest BCUT2D eigenvalue weighted by atomic mass is 10.0. The van der Waals surface area contributed by atoms with E-state index in [0.29, 0.717) is 12.2 Å². The lowest BCUT2D eigenvalue weighted by Gasteiger charge is -2.22. The molecule has 0 bridgehead atoms. The molecule has 0 spiro atoms. The van der Waals surface area contributed by atoms with Crippen LogP contribution >= 0.6 is 0 Å². The van der Waals surface area contributed by atoms with Crippen LogP contribution in [0.5, 0.6) is 0 Å². The van der Waals surface area contributed by atoms with Crippen LogP contribution in [0, 0.1) is 0 Å². The summed E-state index contributed by atoms with van der Waals surface area (Å²) >= 11 is 0. The summed E-state index contributed by atoms with van der Waals surface area (Å²) in [4.78, 5) is 11.7. The highest BCUT2D eigenvalue weighted by Crippen LogP contribution is 2.11. The summed E-state index contributed by atoms with van der Waals surface area (Å²) in [6.07, 6.45) is 10.4. The maximum absolute atomic E-state index is 11.7. The predicted octanol–water partition coefficient (Wildman–Crippen LogP) is 3.07. The summed E-state index contributed by atoms with van der Waals surface area (Å²) in [6, 6.07) is 0. The summed E-state index contributed by atoms with van der Waals surface area (Å²) < 4.78 is 5.54. The molecule has 1 fully saturated rings. The minimum absolute atomic E-state index is 0.121. The van der Waals surface area contributed by atoms with Gasteiger partial charge < -0.3 is 10.1 Å². The first-order valence-corrected chi connectivity index (χ1v) is 7.67. The van der Waals surface area contributed by atoms with Crippen molar-refractivity contribution in [3.63, 3.8) is 0 Å². The zero-order valence-corrected chi connectivity index (χ0v) is 11.9. The number of unbranched alkanes of at least 4 members (excludes halogenated alkanes) is 6. The third kappa shape index (κ3) is 7.83. The molecule has 0 aromatic carbocycles. The Hall–Kier alpha value is -0.410. The van der Waals surface area contributed by atoms with E-state index >= 15 is 0 Å². The smallest absolute Gasteiger partial charge is 0.135 e. The normalized spacial score (nSPS) is 19.9. The van der Waals surface area contributed by atoms with Crippen molar-refractivity contribution in [2.24, 2.45) is 0 Å². The molecule has 0 amide bonds. The molecule has 0 aromatic heterocycles. The number of carbonyl (C=O) groups excluding carboxylic acids is 1. The van der Waals surface area contributed by atoms with E-state index in [2.05, 4.69) is 12.2 Å². The molecule has 0 radical (unpaired) electrons. The van der Waals surface area contributed by atoms with Crippen molar-refractivity contribution >= 4 is 5.78 Å². The van der Waals surface area contributed by atoms with Gasteiger partial charge in [-0.2, -0.15) is 0 Å². The number of ether oxygens (including phenoxy) is 1. The van der Waals surface area contributed by atoms with Gasteiger partial charge in [0.05, 0.1) is 12.7 Å². The molecule has 18 heavy (non-hydrogen) atoms. The van der Waals surface area contributed by atoms with E-state index in [1.165, 1.54) is 38.5 Å². The van der Waals surface area contributed by atoms with E-state index in [1.54, 1.807) is 0 Å². The molecule has 1 aliphatic heterocycles. The van der Waals surface area contributed by atoms with Gasteiger partial charge in [-0.25, -0.2) is 0 Å². The molecule has 1 rings (SSSR count). The standard InChI is InChI=1S/C15H29NO2/c1-2-3-4-5-6-7-8-9-14(17)12-15-13-16-10-11-18-15/h15-16H,2-13H2,1H3. The van der Waals surface area contributed by atoms with Crippen LogP contribution in [0.25, 0.3) is 0 Å². The van der Waals surface area contributed by atoms with Crippen molar-refractivity contribution in [2.75, 3.05) is 19.7 Å². The van der Waals surface area contributed by atoms with Gasteiger partial charge in [-0.15, -0.1) is 0 Å². The van der Waals surface area contributed by atoms with Crippen molar-refractivity contribution in [1.29, 1.82) is 0 Å². The fraction of sp³-hybridized carbons (Fsp3) is 0.933. The number of ketones is 1. The molecule has 3 heteroatoms. The topological polar surface area (TPSA) is 38.3 Å². The average Bonchev–Trinajstić information content (AvgIpc) is 2.39. The van der Waals surface area contributed by atoms with Crippen LogP contribution in [0.4, 0.5) is 0 Å². The van der Waals surface area contributed by atoms with E-state index in [4.69, 9.17) is 4.74 Å². The summed E-state index contributed by atoms with van der Waals surface area (Å²) in [7, 11) is 0. The molecule has 1 unspecified atom stereocenters. The molecule has 0 saturated carbocycles. The first kappa shape index (κ1) is 15.6. The number of rotatable bonds is 10. The average molecular weight is 255 g/mol. The Morgan fingerprint density at radius 1 is 1.17 bits per heavy atom. The predicted molar refractivity (Wildman–Crippen MR) is 74.8 cm³/mol.